The fourth-order valence-corrected chi connectivity index (χ4v) is 2.79. The zero-order chi connectivity index (χ0) is 16.3. The number of amides is 1. The van der Waals surface area contributed by atoms with Crippen molar-refractivity contribution in [1.29, 1.82) is 0 Å². The average molecular weight is 317 g/mol. The molecule has 2 aromatic carbocycles. The van der Waals surface area contributed by atoms with Crippen molar-refractivity contribution in [3.8, 4) is 0 Å². The summed E-state index contributed by atoms with van der Waals surface area (Å²) >= 11 is 5.93. The highest BCUT2D eigenvalue weighted by Gasteiger charge is 2.08. The first-order valence-corrected chi connectivity index (χ1v) is 7.62. The third-order valence-electron chi connectivity index (χ3n) is 3.57. The number of benzene rings is 2. The van der Waals surface area contributed by atoms with E-state index in [2.05, 4.69) is 29.7 Å². The van der Waals surface area contributed by atoms with E-state index in [0.29, 0.717) is 5.02 Å². The van der Waals surface area contributed by atoms with E-state index in [4.69, 9.17) is 11.6 Å². The van der Waals surface area contributed by atoms with Gasteiger partial charge >= 0.3 is 0 Å². The monoisotopic (exact) mass is 316 g/mol. The first kappa shape index (κ1) is 16.4. The van der Waals surface area contributed by atoms with E-state index >= 15 is 0 Å². The third-order valence-corrected chi connectivity index (χ3v) is 3.80. The molecule has 4 heteroatoms. The molecule has 0 spiro atoms. The quantitative estimate of drug-likeness (QED) is 0.863. The van der Waals surface area contributed by atoms with Gasteiger partial charge in [-0.3, -0.25) is 4.79 Å². The summed E-state index contributed by atoms with van der Waals surface area (Å²) in [6.45, 7) is 8.24. The van der Waals surface area contributed by atoms with E-state index in [-0.39, 0.29) is 12.5 Å². The van der Waals surface area contributed by atoms with Crippen LogP contribution in [0.4, 0.5) is 11.4 Å². The summed E-state index contributed by atoms with van der Waals surface area (Å²) in [5.41, 5.74) is 6.18. The number of hydrogen-bond donors (Lipinski definition) is 2. The Kier molecular flexibility index (Phi) is 5.09. The molecule has 0 saturated carbocycles. The molecule has 2 aromatic rings. The van der Waals surface area contributed by atoms with Crippen LogP contribution >= 0.6 is 11.6 Å². The maximum atomic E-state index is 12.2. The van der Waals surface area contributed by atoms with Crippen molar-refractivity contribution in [3.63, 3.8) is 0 Å². The molecular formula is C18H21ClN2O. The van der Waals surface area contributed by atoms with E-state index < -0.39 is 0 Å². The van der Waals surface area contributed by atoms with Crippen molar-refractivity contribution < 1.29 is 4.79 Å². The Morgan fingerprint density at radius 2 is 1.64 bits per heavy atom. The molecule has 0 unspecified atom stereocenters. The molecule has 0 aliphatic heterocycles. The Hall–Kier alpha value is -2.00. The highest BCUT2D eigenvalue weighted by atomic mass is 35.5. The molecule has 0 saturated heterocycles. The van der Waals surface area contributed by atoms with E-state index in [1.807, 2.05) is 39.0 Å². The van der Waals surface area contributed by atoms with Crippen molar-refractivity contribution >= 4 is 28.9 Å². The molecule has 1 amide bonds. The van der Waals surface area contributed by atoms with E-state index in [9.17, 15) is 4.79 Å². The highest BCUT2D eigenvalue weighted by molar-refractivity contribution is 6.30. The van der Waals surface area contributed by atoms with Crippen LogP contribution in [-0.2, 0) is 4.79 Å². The molecule has 0 aliphatic rings. The minimum Gasteiger partial charge on any atom is -0.376 e. The summed E-state index contributed by atoms with van der Waals surface area (Å²) in [5.74, 6) is -0.0654. The molecule has 0 fully saturated rings. The van der Waals surface area contributed by atoms with Crippen molar-refractivity contribution in [2.45, 2.75) is 27.7 Å². The standard InChI is InChI=1S/C18H21ClN2O/c1-11-7-13(3)18(14(4)8-11)21-17(22)10-20-16-6-5-15(19)9-12(16)2/h5-9,20H,10H2,1-4H3,(H,21,22). The van der Waals surface area contributed by atoms with E-state index in [1.165, 1.54) is 5.56 Å². The van der Waals surface area contributed by atoms with Crippen LogP contribution in [-0.4, -0.2) is 12.5 Å². The van der Waals surface area contributed by atoms with Gasteiger partial charge in [0, 0.05) is 16.4 Å². The van der Waals surface area contributed by atoms with Crippen LogP contribution in [0, 0.1) is 27.7 Å². The Morgan fingerprint density at radius 3 is 2.23 bits per heavy atom. The van der Waals surface area contributed by atoms with Gasteiger partial charge in [-0.25, -0.2) is 0 Å². The van der Waals surface area contributed by atoms with Crippen LogP contribution in [0.3, 0.4) is 0 Å². The predicted molar refractivity (Wildman–Crippen MR) is 94.0 cm³/mol. The van der Waals surface area contributed by atoms with E-state index in [1.54, 1.807) is 0 Å². The lowest BCUT2D eigenvalue weighted by atomic mass is 10.1. The minimum absolute atomic E-state index is 0.0654. The summed E-state index contributed by atoms with van der Waals surface area (Å²) in [6, 6.07) is 9.70. The van der Waals surface area contributed by atoms with Crippen molar-refractivity contribution in [3.05, 3.63) is 57.6 Å². The predicted octanol–water partition coefficient (Wildman–Crippen LogP) is 4.62. The van der Waals surface area contributed by atoms with Crippen LogP contribution in [0.25, 0.3) is 0 Å². The number of hydrogen-bond acceptors (Lipinski definition) is 2. The Balaban J connectivity index is 2.02. The van der Waals surface area contributed by atoms with Crippen LogP contribution in [0.2, 0.25) is 5.02 Å². The van der Waals surface area contributed by atoms with Gasteiger partial charge in [0.15, 0.2) is 0 Å². The largest absolute Gasteiger partial charge is 0.376 e. The third kappa shape index (κ3) is 4.01. The summed E-state index contributed by atoms with van der Waals surface area (Å²) in [6.07, 6.45) is 0. The van der Waals surface area contributed by atoms with Gasteiger partial charge in [0.25, 0.3) is 0 Å². The highest BCUT2D eigenvalue weighted by Crippen LogP contribution is 2.22. The molecule has 0 heterocycles. The van der Waals surface area contributed by atoms with Gasteiger partial charge < -0.3 is 10.6 Å². The van der Waals surface area contributed by atoms with Gasteiger partial charge in [-0.1, -0.05) is 29.3 Å². The van der Waals surface area contributed by atoms with Gasteiger partial charge in [-0.05, 0) is 62.6 Å². The number of carbonyl (C=O) groups is 1. The molecule has 0 radical (unpaired) electrons. The fourth-order valence-electron chi connectivity index (χ4n) is 2.56. The smallest absolute Gasteiger partial charge is 0.243 e. The van der Waals surface area contributed by atoms with Crippen molar-refractivity contribution in [2.24, 2.45) is 0 Å². The second-order valence-corrected chi connectivity index (χ2v) is 6.07. The van der Waals surface area contributed by atoms with Crippen molar-refractivity contribution in [2.75, 3.05) is 17.2 Å². The lowest BCUT2D eigenvalue weighted by molar-refractivity contribution is -0.114. The summed E-state index contributed by atoms with van der Waals surface area (Å²) in [5, 5.41) is 6.81. The number of carbonyl (C=O) groups excluding carboxylic acids is 1. The SMILES string of the molecule is Cc1cc(C)c(NC(=O)CNc2ccc(Cl)cc2C)c(C)c1. The van der Waals surface area contributed by atoms with Gasteiger partial charge in [-0.15, -0.1) is 0 Å². The maximum Gasteiger partial charge on any atom is 0.243 e. The zero-order valence-corrected chi connectivity index (χ0v) is 14.1. The molecule has 22 heavy (non-hydrogen) atoms. The lowest BCUT2D eigenvalue weighted by Crippen LogP contribution is -2.23. The first-order valence-electron chi connectivity index (χ1n) is 7.24. The number of halogens is 1. The summed E-state index contributed by atoms with van der Waals surface area (Å²) in [7, 11) is 0. The molecule has 116 valence electrons. The maximum absolute atomic E-state index is 12.2. The summed E-state index contributed by atoms with van der Waals surface area (Å²) < 4.78 is 0. The van der Waals surface area contributed by atoms with Crippen LogP contribution in [0.15, 0.2) is 30.3 Å². The molecule has 0 aromatic heterocycles. The molecule has 0 aliphatic carbocycles. The Morgan fingerprint density at radius 1 is 1.00 bits per heavy atom. The number of aryl methyl sites for hydroxylation is 4. The topological polar surface area (TPSA) is 41.1 Å². The molecule has 0 bridgehead atoms. The van der Waals surface area contributed by atoms with Gasteiger partial charge in [0.1, 0.15) is 0 Å². The summed E-state index contributed by atoms with van der Waals surface area (Å²) in [4.78, 5) is 12.2. The van der Waals surface area contributed by atoms with Gasteiger partial charge in [0.2, 0.25) is 5.91 Å². The second-order valence-electron chi connectivity index (χ2n) is 5.63. The molecule has 2 rings (SSSR count). The fraction of sp³-hybridized carbons (Fsp3) is 0.278. The minimum atomic E-state index is -0.0654. The molecular weight excluding hydrogens is 296 g/mol. The lowest BCUT2D eigenvalue weighted by Gasteiger charge is -2.14. The van der Waals surface area contributed by atoms with Crippen LogP contribution in [0.1, 0.15) is 22.3 Å². The van der Waals surface area contributed by atoms with Crippen LogP contribution < -0.4 is 10.6 Å². The average Bonchev–Trinajstić information content (AvgIpc) is 2.42. The van der Waals surface area contributed by atoms with E-state index in [0.717, 1.165) is 28.1 Å². The number of rotatable bonds is 4. The molecule has 3 nitrogen and oxygen atoms in total. The number of anilines is 2. The van der Waals surface area contributed by atoms with Crippen LogP contribution in [0.5, 0.6) is 0 Å². The zero-order valence-electron chi connectivity index (χ0n) is 13.4. The molecule has 2 N–H and O–H groups in total. The number of nitrogens with one attached hydrogen (secondary N) is 2. The molecule has 0 atom stereocenters. The van der Waals surface area contributed by atoms with Gasteiger partial charge in [0.05, 0.1) is 6.54 Å². The normalized spacial score (nSPS) is 10.4. The van der Waals surface area contributed by atoms with Crippen molar-refractivity contribution in [1.82, 2.24) is 0 Å². The second kappa shape index (κ2) is 6.84. The van der Waals surface area contributed by atoms with Gasteiger partial charge in [-0.2, -0.15) is 0 Å². The first-order chi connectivity index (χ1) is 10.4. The Labute approximate surface area is 136 Å². The Bertz CT molecular complexity index is 687.